The minimum absolute atomic E-state index is 0.137. The van der Waals surface area contributed by atoms with Gasteiger partial charge in [-0.15, -0.1) is 11.3 Å². The summed E-state index contributed by atoms with van der Waals surface area (Å²) in [5.41, 5.74) is 1.13. The van der Waals surface area contributed by atoms with E-state index in [9.17, 15) is 0 Å². The molecular weight excluding hydrogens is 188 g/mol. The summed E-state index contributed by atoms with van der Waals surface area (Å²) in [5.74, 6) is 0.870. The van der Waals surface area contributed by atoms with Crippen LogP contribution in [0.15, 0.2) is 17.5 Å². The molecular formula is C9H12OS2. The largest absolute Gasteiger partial charge is 0.391 e. The van der Waals surface area contributed by atoms with Crippen molar-refractivity contribution in [1.29, 1.82) is 0 Å². The zero-order valence-corrected chi connectivity index (χ0v) is 8.44. The van der Waals surface area contributed by atoms with Gasteiger partial charge in [0.1, 0.15) is 0 Å². The Labute approximate surface area is 82.2 Å². The van der Waals surface area contributed by atoms with E-state index in [4.69, 9.17) is 5.11 Å². The third-order valence-corrected chi connectivity index (χ3v) is 2.70. The summed E-state index contributed by atoms with van der Waals surface area (Å²) in [7, 11) is 0. The number of thiophene rings is 1. The van der Waals surface area contributed by atoms with Gasteiger partial charge in [0, 0.05) is 4.88 Å². The van der Waals surface area contributed by atoms with Gasteiger partial charge in [0.2, 0.25) is 0 Å². The zero-order valence-electron chi connectivity index (χ0n) is 6.73. The molecule has 0 aliphatic rings. The smallest absolute Gasteiger partial charge is 0.0780 e. The fourth-order valence-corrected chi connectivity index (χ4v) is 1.79. The fourth-order valence-electron chi connectivity index (χ4n) is 0.912. The van der Waals surface area contributed by atoms with Crippen molar-refractivity contribution in [3.05, 3.63) is 28.0 Å². The Balaban J connectivity index is 2.61. The van der Waals surface area contributed by atoms with E-state index >= 15 is 0 Å². The van der Waals surface area contributed by atoms with Gasteiger partial charge >= 0.3 is 0 Å². The Bertz CT molecular complexity index is 253. The minimum Gasteiger partial charge on any atom is -0.391 e. The van der Waals surface area contributed by atoms with Gasteiger partial charge in [-0.2, -0.15) is 12.6 Å². The highest BCUT2D eigenvalue weighted by atomic mass is 32.1. The first kappa shape index (κ1) is 9.84. The number of thiol groups is 1. The highest BCUT2D eigenvalue weighted by molar-refractivity contribution is 7.80. The molecule has 0 aliphatic carbocycles. The predicted molar refractivity (Wildman–Crippen MR) is 57.7 cm³/mol. The van der Waals surface area contributed by atoms with Crippen LogP contribution >= 0.6 is 24.0 Å². The molecule has 0 aliphatic heterocycles. The number of rotatable bonds is 4. The van der Waals surface area contributed by atoms with Gasteiger partial charge < -0.3 is 5.11 Å². The Morgan fingerprint density at radius 3 is 3.08 bits per heavy atom. The molecule has 1 heterocycles. The molecule has 1 rings (SSSR count). The van der Waals surface area contributed by atoms with Crippen LogP contribution < -0.4 is 0 Å². The van der Waals surface area contributed by atoms with Crippen molar-refractivity contribution in [3.8, 4) is 0 Å². The van der Waals surface area contributed by atoms with Gasteiger partial charge in [0.25, 0.3) is 0 Å². The monoisotopic (exact) mass is 200 g/mol. The quantitative estimate of drug-likeness (QED) is 0.716. The molecule has 0 radical (unpaired) electrons. The molecule has 12 heavy (non-hydrogen) atoms. The summed E-state index contributed by atoms with van der Waals surface area (Å²) in [6.45, 7) is 0.137. The summed E-state index contributed by atoms with van der Waals surface area (Å²) in [6, 6.07) is 2.02. The average molecular weight is 200 g/mol. The Kier molecular flexibility index (Phi) is 4.43. The number of aliphatic hydroxyl groups is 1. The molecule has 0 aromatic carbocycles. The van der Waals surface area contributed by atoms with Crippen molar-refractivity contribution in [2.45, 2.75) is 13.0 Å². The van der Waals surface area contributed by atoms with E-state index in [0.717, 1.165) is 22.6 Å². The second kappa shape index (κ2) is 5.41. The third kappa shape index (κ3) is 2.66. The lowest BCUT2D eigenvalue weighted by atomic mass is 10.2. The molecule has 0 amide bonds. The van der Waals surface area contributed by atoms with Crippen molar-refractivity contribution < 1.29 is 5.11 Å². The van der Waals surface area contributed by atoms with Crippen molar-refractivity contribution in [2.75, 3.05) is 5.75 Å². The van der Waals surface area contributed by atoms with Crippen LogP contribution in [0.1, 0.15) is 16.9 Å². The molecule has 66 valence electrons. The van der Waals surface area contributed by atoms with Crippen LogP contribution in [0, 0.1) is 0 Å². The van der Waals surface area contributed by atoms with Crippen molar-refractivity contribution in [2.24, 2.45) is 0 Å². The Hall–Kier alpha value is -0.250. The SMILES string of the molecule is OCc1sccc1C=CCCS. The maximum atomic E-state index is 8.93. The third-order valence-electron chi connectivity index (χ3n) is 1.52. The van der Waals surface area contributed by atoms with Crippen molar-refractivity contribution >= 4 is 30.0 Å². The first-order valence-electron chi connectivity index (χ1n) is 3.83. The molecule has 0 atom stereocenters. The van der Waals surface area contributed by atoms with Crippen LogP contribution in [0.25, 0.3) is 6.08 Å². The lowest BCUT2D eigenvalue weighted by Gasteiger charge is -1.92. The number of hydrogen-bond donors (Lipinski definition) is 2. The van der Waals surface area contributed by atoms with E-state index in [1.807, 2.05) is 17.5 Å². The first-order valence-corrected chi connectivity index (χ1v) is 5.34. The summed E-state index contributed by atoms with van der Waals surface area (Å²) in [5, 5.41) is 10.9. The number of aliphatic hydroxyl groups excluding tert-OH is 1. The van der Waals surface area contributed by atoms with Gasteiger partial charge in [-0.1, -0.05) is 12.2 Å². The van der Waals surface area contributed by atoms with Crippen LogP contribution in [0.3, 0.4) is 0 Å². The molecule has 3 heteroatoms. The molecule has 0 unspecified atom stereocenters. The summed E-state index contributed by atoms with van der Waals surface area (Å²) in [6.07, 6.45) is 5.09. The van der Waals surface area contributed by atoms with Crippen molar-refractivity contribution in [3.63, 3.8) is 0 Å². The van der Waals surface area contributed by atoms with Crippen LogP contribution in [-0.4, -0.2) is 10.9 Å². The zero-order chi connectivity index (χ0) is 8.81. The molecule has 1 nitrogen and oxygen atoms in total. The standard InChI is InChI=1S/C9H12OS2/c10-7-9-8(4-6-12-9)3-1-2-5-11/h1,3-4,6,10-11H,2,5,7H2. The van der Waals surface area contributed by atoms with E-state index in [1.165, 1.54) is 0 Å². The van der Waals surface area contributed by atoms with E-state index < -0.39 is 0 Å². The second-order valence-corrected chi connectivity index (χ2v) is 3.82. The molecule has 0 saturated carbocycles. The molecule has 0 saturated heterocycles. The molecule has 1 N–H and O–H groups in total. The highest BCUT2D eigenvalue weighted by Gasteiger charge is 1.97. The van der Waals surface area contributed by atoms with E-state index in [-0.39, 0.29) is 6.61 Å². The van der Waals surface area contributed by atoms with Crippen LogP contribution in [0.4, 0.5) is 0 Å². The van der Waals surface area contributed by atoms with E-state index in [2.05, 4.69) is 18.7 Å². The lowest BCUT2D eigenvalue weighted by molar-refractivity contribution is 0.285. The number of hydrogen-bond acceptors (Lipinski definition) is 3. The van der Waals surface area contributed by atoms with E-state index in [0.29, 0.717) is 0 Å². The number of allylic oxidation sites excluding steroid dienone is 1. The summed E-state index contributed by atoms with van der Waals surface area (Å²) >= 11 is 5.69. The van der Waals surface area contributed by atoms with Crippen LogP contribution in [0.2, 0.25) is 0 Å². The summed E-state index contributed by atoms with van der Waals surface area (Å²) < 4.78 is 0. The van der Waals surface area contributed by atoms with Crippen LogP contribution in [-0.2, 0) is 6.61 Å². The fraction of sp³-hybridized carbons (Fsp3) is 0.333. The average Bonchev–Trinajstić information content (AvgIpc) is 2.52. The maximum absolute atomic E-state index is 8.93. The van der Waals surface area contributed by atoms with Crippen LogP contribution in [0.5, 0.6) is 0 Å². The second-order valence-electron chi connectivity index (χ2n) is 2.37. The first-order chi connectivity index (χ1) is 5.88. The normalized spacial score (nSPS) is 11.2. The van der Waals surface area contributed by atoms with Crippen molar-refractivity contribution in [1.82, 2.24) is 0 Å². The predicted octanol–water partition coefficient (Wildman–Crippen LogP) is 2.57. The minimum atomic E-state index is 0.137. The van der Waals surface area contributed by atoms with E-state index in [1.54, 1.807) is 11.3 Å². The molecule has 0 spiro atoms. The Morgan fingerprint density at radius 1 is 1.58 bits per heavy atom. The molecule has 1 aromatic rings. The molecule has 0 fully saturated rings. The Morgan fingerprint density at radius 2 is 2.42 bits per heavy atom. The molecule has 1 aromatic heterocycles. The van der Waals surface area contributed by atoms with Gasteiger partial charge in [-0.05, 0) is 29.2 Å². The lowest BCUT2D eigenvalue weighted by Crippen LogP contribution is -1.79. The van der Waals surface area contributed by atoms with Gasteiger partial charge in [0.05, 0.1) is 6.61 Å². The molecule has 0 bridgehead atoms. The van der Waals surface area contributed by atoms with Gasteiger partial charge in [-0.25, -0.2) is 0 Å². The highest BCUT2D eigenvalue weighted by Crippen LogP contribution is 2.18. The summed E-state index contributed by atoms with van der Waals surface area (Å²) in [4.78, 5) is 1.03. The van der Waals surface area contributed by atoms with Gasteiger partial charge in [-0.3, -0.25) is 0 Å². The topological polar surface area (TPSA) is 20.2 Å². The van der Waals surface area contributed by atoms with Gasteiger partial charge in [0.15, 0.2) is 0 Å². The maximum Gasteiger partial charge on any atom is 0.0780 e.